The molecule has 0 fully saturated rings. The number of amides is 1. The van der Waals surface area contributed by atoms with Gasteiger partial charge in [0, 0.05) is 23.6 Å². The molecule has 0 aliphatic carbocycles. The molecule has 100 valence electrons. The van der Waals surface area contributed by atoms with Crippen molar-refractivity contribution in [3.8, 4) is 11.3 Å². The highest BCUT2D eigenvalue weighted by Crippen LogP contribution is 2.31. The topological polar surface area (TPSA) is 57.8 Å². The van der Waals surface area contributed by atoms with Crippen molar-refractivity contribution < 1.29 is 4.79 Å². The molecular weight excluding hydrogens is 274 g/mol. The van der Waals surface area contributed by atoms with Gasteiger partial charge in [-0.1, -0.05) is 29.8 Å². The highest BCUT2D eigenvalue weighted by Gasteiger charge is 2.12. The number of rotatable bonds is 2. The number of carbonyl (C=O) groups is 1. The number of nitrogens with zero attached hydrogens (tertiary/aromatic N) is 1. The summed E-state index contributed by atoms with van der Waals surface area (Å²) in [7, 11) is 1.61. The summed E-state index contributed by atoms with van der Waals surface area (Å²) >= 11 is 6.20. The van der Waals surface area contributed by atoms with Crippen LogP contribution in [-0.2, 0) is 0 Å². The van der Waals surface area contributed by atoms with E-state index in [2.05, 4.69) is 15.5 Å². The Morgan fingerprint density at radius 2 is 2.05 bits per heavy atom. The zero-order valence-corrected chi connectivity index (χ0v) is 11.5. The third-order valence-corrected chi connectivity index (χ3v) is 3.51. The molecule has 0 aliphatic rings. The maximum Gasteiger partial charge on any atom is 0.251 e. The van der Waals surface area contributed by atoms with Crippen LogP contribution in [0.5, 0.6) is 0 Å². The van der Waals surface area contributed by atoms with Gasteiger partial charge in [-0.3, -0.25) is 9.89 Å². The number of halogens is 1. The van der Waals surface area contributed by atoms with Crippen LogP contribution in [0.4, 0.5) is 0 Å². The fraction of sp³-hybridized carbons (Fsp3) is 0.0667. The molecule has 0 aliphatic heterocycles. The van der Waals surface area contributed by atoms with E-state index in [1.807, 2.05) is 30.3 Å². The summed E-state index contributed by atoms with van der Waals surface area (Å²) in [4.78, 5) is 11.6. The molecule has 0 radical (unpaired) electrons. The second-order valence-corrected chi connectivity index (χ2v) is 4.80. The minimum Gasteiger partial charge on any atom is -0.355 e. The minimum absolute atomic E-state index is 0.124. The Hall–Kier alpha value is -2.33. The van der Waals surface area contributed by atoms with E-state index in [0.717, 1.165) is 22.2 Å². The van der Waals surface area contributed by atoms with Gasteiger partial charge in [0.25, 0.3) is 5.91 Å². The van der Waals surface area contributed by atoms with E-state index in [-0.39, 0.29) is 5.91 Å². The van der Waals surface area contributed by atoms with Crippen molar-refractivity contribution in [2.24, 2.45) is 0 Å². The summed E-state index contributed by atoms with van der Waals surface area (Å²) in [6.45, 7) is 0. The van der Waals surface area contributed by atoms with Crippen LogP contribution in [0.1, 0.15) is 10.4 Å². The van der Waals surface area contributed by atoms with Crippen molar-refractivity contribution in [3.05, 3.63) is 53.1 Å². The Kier molecular flexibility index (Phi) is 3.16. The number of carbonyl (C=O) groups excluding carboxylic acids is 1. The molecule has 0 saturated carbocycles. The van der Waals surface area contributed by atoms with E-state index in [4.69, 9.17) is 11.6 Å². The summed E-state index contributed by atoms with van der Waals surface area (Å²) in [5.41, 5.74) is 3.05. The van der Waals surface area contributed by atoms with Gasteiger partial charge in [-0.05, 0) is 24.3 Å². The minimum atomic E-state index is -0.124. The second-order valence-electron chi connectivity index (χ2n) is 4.39. The van der Waals surface area contributed by atoms with Gasteiger partial charge >= 0.3 is 0 Å². The van der Waals surface area contributed by atoms with E-state index >= 15 is 0 Å². The van der Waals surface area contributed by atoms with Gasteiger partial charge in [0.15, 0.2) is 0 Å². The van der Waals surface area contributed by atoms with Gasteiger partial charge in [0.1, 0.15) is 5.69 Å². The number of fused-ring (bicyclic) bond motifs is 1. The lowest BCUT2D eigenvalue weighted by Gasteiger charge is -2.02. The number of hydrogen-bond donors (Lipinski definition) is 2. The summed E-state index contributed by atoms with van der Waals surface area (Å²) in [6.07, 6.45) is 0. The normalized spacial score (nSPS) is 10.7. The van der Waals surface area contributed by atoms with Gasteiger partial charge in [-0.25, -0.2) is 0 Å². The van der Waals surface area contributed by atoms with Crippen molar-refractivity contribution in [1.29, 1.82) is 0 Å². The van der Waals surface area contributed by atoms with E-state index in [1.54, 1.807) is 19.2 Å². The summed E-state index contributed by atoms with van der Waals surface area (Å²) in [6, 6.07) is 13.0. The first-order valence-corrected chi connectivity index (χ1v) is 6.53. The molecule has 2 N–H and O–H groups in total. The van der Waals surface area contributed by atoms with Crippen molar-refractivity contribution in [2.45, 2.75) is 0 Å². The first kappa shape index (κ1) is 12.7. The number of aromatic amines is 1. The Labute approximate surface area is 120 Å². The number of nitrogens with one attached hydrogen (secondary N) is 2. The lowest BCUT2D eigenvalue weighted by atomic mass is 10.1. The molecule has 0 spiro atoms. The summed E-state index contributed by atoms with van der Waals surface area (Å²) < 4.78 is 0. The van der Waals surface area contributed by atoms with Crippen molar-refractivity contribution >= 4 is 28.4 Å². The maximum atomic E-state index is 11.6. The van der Waals surface area contributed by atoms with Gasteiger partial charge in [0.05, 0.1) is 10.5 Å². The highest BCUT2D eigenvalue weighted by molar-refractivity contribution is 6.33. The van der Waals surface area contributed by atoms with Crippen molar-refractivity contribution in [1.82, 2.24) is 15.5 Å². The quantitative estimate of drug-likeness (QED) is 0.759. The lowest BCUT2D eigenvalue weighted by molar-refractivity contribution is 0.0963. The molecule has 20 heavy (non-hydrogen) atoms. The summed E-state index contributed by atoms with van der Waals surface area (Å²) in [5, 5.41) is 11.4. The van der Waals surface area contributed by atoms with Crippen LogP contribution in [0.15, 0.2) is 42.5 Å². The monoisotopic (exact) mass is 285 g/mol. The number of aromatic nitrogens is 2. The average molecular weight is 286 g/mol. The fourth-order valence-electron chi connectivity index (χ4n) is 2.16. The Morgan fingerprint density at radius 3 is 2.80 bits per heavy atom. The van der Waals surface area contributed by atoms with E-state index in [9.17, 15) is 4.79 Å². The molecule has 0 atom stereocenters. The highest BCUT2D eigenvalue weighted by atomic mass is 35.5. The standard InChI is InChI=1S/C15H12ClN3O/c1-17-15(20)9-6-7-11-13(8-9)18-19-14(11)10-4-2-3-5-12(10)16/h2-8H,1H3,(H,17,20)(H,18,19). The average Bonchev–Trinajstić information content (AvgIpc) is 2.90. The molecule has 3 aromatic rings. The third kappa shape index (κ3) is 2.04. The molecule has 0 saturated heterocycles. The van der Waals surface area contributed by atoms with Gasteiger partial charge in [-0.2, -0.15) is 5.10 Å². The van der Waals surface area contributed by atoms with Crippen LogP contribution in [0.25, 0.3) is 22.2 Å². The zero-order chi connectivity index (χ0) is 14.1. The molecule has 0 unspecified atom stereocenters. The predicted octanol–water partition coefficient (Wildman–Crippen LogP) is 3.24. The SMILES string of the molecule is CNC(=O)c1ccc2c(-c3ccccc3Cl)n[nH]c2c1. The van der Waals surface area contributed by atoms with Gasteiger partial charge in [0.2, 0.25) is 0 Å². The Morgan fingerprint density at radius 1 is 1.25 bits per heavy atom. The largest absolute Gasteiger partial charge is 0.355 e. The van der Waals surface area contributed by atoms with Gasteiger partial charge < -0.3 is 5.32 Å². The Balaban J connectivity index is 2.16. The molecule has 3 rings (SSSR count). The fourth-order valence-corrected chi connectivity index (χ4v) is 2.39. The maximum absolute atomic E-state index is 11.6. The van der Waals surface area contributed by atoms with E-state index in [1.165, 1.54) is 0 Å². The van der Waals surface area contributed by atoms with Crippen LogP contribution in [-0.4, -0.2) is 23.2 Å². The predicted molar refractivity (Wildman–Crippen MR) is 79.9 cm³/mol. The van der Waals surface area contributed by atoms with Crippen molar-refractivity contribution in [2.75, 3.05) is 7.05 Å². The molecule has 2 aromatic carbocycles. The zero-order valence-electron chi connectivity index (χ0n) is 10.8. The molecule has 1 amide bonds. The van der Waals surface area contributed by atoms with Crippen LogP contribution < -0.4 is 5.32 Å². The second kappa shape index (κ2) is 4.98. The molecule has 5 heteroatoms. The van der Waals surface area contributed by atoms with Crippen LogP contribution in [0, 0.1) is 0 Å². The summed E-state index contributed by atoms with van der Waals surface area (Å²) in [5.74, 6) is -0.124. The third-order valence-electron chi connectivity index (χ3n) is 3.18. The van der Waals surface area contributed by atoms with Crippen LogP contribution >= 0.6 is 11.6 Å². The molecule has 1 aromatic heterocycles. The first-order valence-electron chi connectivity index (χ1n) is 6.16. The Bertz CT molecular complexity index is 795. The van der Waals surface area contributed by atoms with Crippen LogP contribution in [0.2, 0.25) is 5.02 Å². The smallest absolute Gasteiger partial charge is 0.251 e. The van der Waals surface area contributed by atoms with Crippen molar-refractivity contribution in [3.63, 3.8) is 0 Å². The molecule has 0 bridgehead atoms. The van der Waals surface area contributed by atoms with Crippen LogP contribution in [0.3, 0.4) is 0 Å². The number of benzene rings is 2. The number of H-pyrrole nitrogens is 1. The lowest BCUT2D eigenvalue weighted by Crippen LogP contribution is -2.17. The van der Waals surface area contributed by atoms with E-state index in [0.29, 0.717) is 10.6 Å². The first-order chi connectivity index (χ1) is 9.70. The molecular formula is C15H12ClN3O. The van der Waals surface area contributed by atoms with E-state index < -0.39 is 0 Å². The van der Waals surface area contributed by atoms with Gasteiger partial charge in [-0.15, -0.1) is 0 Å². The number of hydrogen-bond acceptors (Lipinski definition) is 2. The molecule has 4 nitrogen and oxygen atoms in total. The molecule has 1 heterocycles.